The van der Waals surface area contributed by atoms with E-state index in [0.29, 0.717) is 29.7 Å². The molecule has 116 valence electrons. The van der Waals surface area contributed by atoms with Crippen LogP contribution >= 0.6 is 0 Å². The fourth-order valence-corrected chi connectivity index (χ4v) is 1.80. The Morgan fingerprint density at radius 1 is 1.23 bits per heavy atom. The van der Waals surface area contributed by atoms with Gasteiger partial charge in [0.15, 0.2) is 0 Å². The van der Waals surface area contributed by atoms with Crippen LogP contribution in [0.25, 0.3) is 0 Å². The Hall–Kier alpha value is -2.50. The molecule has 0 aliphatic carbocycles. The number of rotatable bonds is 6. The van der Waals surface area contributed by atoms with Crippen molar-refractivity contribution in [3.8, 4) is 0 Å². The molecule has 22 heavy (non-hydrogen) atoms. The van der Waals surface area contributed by atoms with E-state index in [1.54, 1.807) is 18.2 Å². The largest absolute Gasteiger partial charge is 0.351 e. The van der Waals surface area contributed by atoms with Gasteiger partial charge < -0.3 is 10.6 Å². The second-order valence-electron chi connectivity index (χ2n) is 5.36. The highest BCUT2D eigenvalue weighted by atomic mass is 19.1. The first-order chi connectivity index (χ1) is 10.5. The van der Waals surface area contributed by atoms with E-state index >= 15 is 0 Å². The molecule has 0 radical (unpaired) electrons. The number of anilines is 2. The maximum Gasteiger partial charge on any atom is 0.270 e. The Labute approximate surface area is 129 Å². The summed E-state index contributed by atoms with van der Waals surface area (Å²) in [5.74, 6) is 0.473. The lowest BCUT2D eigenvalue weighted by Crippen LogP contribution is -2.26. The van der Waals surface area contributed by atoms with Crippen LogP contribution in [0.5, 0.6) is 0 Å². The van der Waals surface area contributed by atoms with Crippen molar-refractivity contribution < 1.29 is 9.18 Å². The fourth-order valence-electron chi connectivity index (χ4n) is 1.80. The van der Waals surface area contributed by atoms with Gasteiger partial charge in [0.2, 0.25) is 0 Å². The minimum atomic E-state index is -0.307. The van der Waals surface area contributed by atoms with Gasteiger partial charge in [-0.25, -0.2) is 14.4 Å². The topological polar surface area (TPSA) is 66.9 Å². The van der Waals surface area contributed by atoms with Crippen LogP contribution < -0.4 is 10.6 Å². The standard InChI is InChI=1S/C16H19FN4O/c1-11(2)7-8-18-16(22)14-9-15(20-10-19-14)21-13-5-3-12(17)4-6-13/h3-6,9-11H,7-8H2,1-2H3,(H,18,22)(H,19,20,21). The van der Waals surface area contributed by atoms with Gasteiger partial charge in [0, 0.05) is 18.3 Å². The average Bonchev–Trinajstić information content (AvgIpc) is 2.49. The summed E-state index contributed by atoms with van der Waals surface area (Å²) in [6, 6.07) is 7.46. The van der Waals surface area contributed by atoms with E-state index in [4.69, 9.17) is 0 Å². The van der Waals surface area contributed by atoms with Crippen LogP contribution in [0.4, 0.5) is 15.9 Å². The molecule has 0 bridgehead atoms. The molecule has 0 aliphatic rings. The van der Waals surface area contributed by atoms with Gasteiger partial charge in [-0.2, -0.15) is 0 Å². The molecule has 2 aromatic rings. The third-order valence-electron chi connectivity index (χ3n) is 3.02. The molecule has 2 N–H and O–H groups in total. The summed E-state index contributed by atoms with van der Waals surface area (Å²) in [7, 11) is 0. The molecule has 1 aromatic carbocycles. The van der Waals surface area contributed by atoms with Crippen molar-refractivity contribution in [2.24, 2.45) is 5.92 Å². The first kappa shape index (κ1) is 15.9. The predicted octanol–water partition coefficient (Wildman–Crippen LogP) is 3.14. The Bertz CT molecular complexity index is 628. The summed E-state index contributed by atoms with van der Waals surface area (Å²) in [5, 5.41) is 5.83. The molecule has 1 aromatic heterocycles. The molecule has 0 saturated carbocycles. The first-order valence-electron chi connectivity index (χ1n) is 7.17. The third kappa shape index (κ3) is 4.80. The van der Waals surface area contributed by atoms with Crippen LogP contribution in [0.1, 0.15) is 30.8 Å². The Balaban J connectivity index is 2.00. The second-order valence-corrected chi connectivity index (χ2v) is 5.36. The lowest BCUT2D eigenvalue weighted by molar-refractivity contribution is 0.0947. The summed E-state index contributed by atoms with van der Waals surface area (Å²) in [6.45, 7) is 4.81. The fraction of sp³-hybridized carbons (Fsp3) is 0.312. The van der Waals surface area contributed by atoms with E-state index < -0.39 is 0 Å². The number of benzene rings is 1. The molecule has 5 nitrogen and oxygen atoms in total. The summed E-state index contributed by atoms with van der Waals surface area (Å²) < 4.78 is 12.9. The van der Waals surface area contributed by atoms with E-state index in [0.717, 1.165) is 6.42 Å². The molecule has 2 rings (SSSR count). The summed E-state index contributed by atoms with van der Waals surface area (Å²) in [5.41, 5.74) is 0.981. The van der Waals surface area contributed by atoms with Crippen LogP contribution in [0, 0.1) is 11.7 Å². The molecule has 1 amide bonds. The van der Waals surface area contributed by atoms with Crippen LogP contribution in [-0.4, -0.2) is 22.4 Å². The molecular weight excluding hydrogens is 283 g/mol. The molecule has 0 spiro atoms. The quantitative estimate of drug-likeness (QED) is 0.860. The number of aromatic nitrogens is 2. The monoisotopic (exact) mass is 302 g/mol. The van der Waals surface area contributed by atoms with Gasteiger partial charge in [0.1, 0.15) is 23.7 Å². The van der Waals surface area contributed by atoms with Gasteiger partial charge >= 0.3 is 0 Å². The van der Waals surface area contributed by atoms with Gasteiger partial charge in [0.25, 0.3) is 5.91 Å². The van der Waals surface area contributed by atoms with Crippen LogP contribution in [-0.2, 0) is 0 Å². The minimum Gasteiger partial charge on any atom is -0.351 e. The molecule has 0 atom stereocenters. The Kier molecular flexibility index (Phi) is 5.41. The maximum atomic E-state index is 12.9. The number of halogens is 1. The number of hydrogen-bond donors (Lipinski definition) is 2. The van der Waals surface area contributed by atoms with Gasteiger partial charge in [-0.05, 0) is 36.6 Å². The van der Waals surface area contributed by atoms with Gasteiger partial charge in [-0.3, -0.25) is 4.79 Å². The van der Waals surface area contributed by atoms with Crippen molar-refractivity contribution in [2.45, 2.75) is 20.3 Å². The van der Waals surface area contributed by atoms with Crippen LogP contribution in [0.2, 0.25) is 0 Å². The van der Waals surface area contributed by atoms with E-state index in [1.165, 1.54) is 18.5 Å². The van der Waals surface area contributed by atoms with E-state index in [1.807, 2.05) is 0 Å². The first-order valence-corrected chi connectivity index (χ1v) is 7.17. The normalized spacial score (nSPS) is 10.5. The maximum absolute atomic E-state index is 12.9. The van der Waals surface area contributed by atoms with Gasteiger partial charge in [0.05, 0.1) is 0 Å². The molecule has 0 unspecified atom stereocenters. The van der Waals surface area contributed by atoms with Crippen molar-refractivity contribution in [3.05, 3.63) is 48.2 Å². The van der Waals surface area contributed by atoms with Crippen molar-refractivity contribution >= 4 is 17.4 Å². The van der Waals surface area contributed by atoms with Crippen LogP contribution in [0.15, 0.2) is 36.7 Å². The summed E-state index contributed by atoms with van der Waals surface area (Å²) >= 11 is 0. The summed E-state index contributed by atoms with van der Waals surface area (Å²) in [6.07, 6.45) is 2.24. The zero-order valence-electron chi connectivity index (χ0n) is 12.6. The minimum absolute atomic E-state index is 0.231. The molecule has 0 aliphatic heterocycles. The number of carbonyl (C=O) groups excluding carboxylic acids is 1. The predicted molar refractivity (Wildman–Crippen MR) is 83.5 cm³/mol. The molecule has 0 fully saturated rings. The molecular formula is C16H19FN4O. The number of amides is 1. The Morgan fingerprint density at radius 2 is 1.95 bits per heavy atom. The smallest absolute Gasteiger partial charge is 0.270 e. The molecule has 1 heterocycles. The lowest BCUT2D eigenvalue weighted by Gasteiger charge is -2.08. The van der Waals surface area contributed by atoms with E-state index in [9.17, 15) is 9.18 Å². The SMILES string of the molecule is CC(C)CCNC(=O)c1cc(Nc2ccc(F)cc2)ncn1. The number of nitrogens with one attached hydrogen (secondary N) is 2. The Morgan fingerprint density at radius 3 is 2.64 bits per heavy atom. The van der Waals surface area contributed by atoms with E-state index in [-0.39, 0.29) is 11.7 Å². The van der Waals surface area contributed by atoms with E-state index in [2.05, 4.69) is 34.4 Å². The molecule has 6 heteroatoms. The van der Waals surface area contributed by atoms with Crippen molar-refractivity contribution in [2.75, 3.05) is 11.9 Å². The number of carbonyl (C=O) groups is 1. The van der Waals surface area contributed by atoms with Crippen molar-refractivity contribution in [3.63, 3.8) is 0 Å². The molecule has 0 saturated heterocycles. The third-order valence-corrected chi connectivity index (χ3v) is 3.02. The van der Waals surface area contributed by atoms with Gasteiger partial charge in [-0.1, -0.05) is 13.8 Å². The number of hydrogen-bond acceptors (Lipinski definition) is 4. The van der Waals surface area contributed by atoms with Crippen LogP contribution in [0.3, 0.4) is 0 Å². The summed E-state index contributed by atoms with van der Waals surface area (Å²) in [4.78, 5) is 20.0. The zero-order valence-corrected chi connectivity index (χ0v) is 12.6. The highest BCUT2D eigenvalue weighted by molar-refractivity contribution is 5.92. The second kappa shape index (κ2) is 7.49. The zero-order chi connectivity index (χ0) is 15.9. The average molecular weight is 302 g/mol. The highest BCUT2D eigenvalue weighted by Crippen LogP contribution is 2.15. The highest BCUT2D eigenvalue weighted by Gasteiger charge is 2.08. The lowest BCUT2D eigenvalue weighted by atomic mass is 10.1. The van der Waals surface area contributed by atoms with Crippen molar-refractivity contribution in [1.29, 1.82) is 0 Å². The van der Waals surface area contributed by atoms with Crippen molar-refractivity contribution in [1.82, 2.24) is 15.3 Å². The van der Waals surface area contributed by atoms with Gasteiger partial charge in [-0.15, -0.1) is 0 Å². The number of nitrogens with zero attached hydrogens (tertiary/aromatic N) is 2.